The quantitative estimate of drug-likeness (QED) is 0.0414. The Bertz CT molecular complexity index is 2330. The van der Waals surface area contributed by atoms with Gasteiger partial charge in [0, 0.05) is 122 Å². The Kier molecular flexibility index (Phi) is 86.6. The zero-order valence-electron chi connectivity index (χ0n) is 73.4. The third-order valence-electron chi connectivity index (χ3n) is 15.9. The van der Waals surface area contributed by atoms with E-state index in [-0.39, 0.29) is 141 Å². The molecule has 652 valence electrons. The molecule has 0 aromatic rings. The molecule has 0 rings (SSSR count). The Labute approximate surface area is 667 Å². The van der Waals surface area contributed by atoms with E-state index in [0.717, 1.165) is 25.7 Å². The molecule has 0 radical (unpaired) electrons. The molecule has 30 heteroatoms. The number of ketones is 10. The average Bonchev–Trinajstić information content (AvgIpc) is 0.951. The number of nitrogens with one attached hydrogen (secondary N) is 4. The SMILES string of the molecule is C=C(N)NCC[C@@H](N)C(=O)C(C)C.C=C(N)NCC[C@H](N)C(=O)C(C)C.C=C(N)NC[C@@H](N)C(=O)C(C)C.C=C(N)NC[C@H](N)C(=O)C(C)C.CC(C)C(=O)[C@@H](C)CCN.CC(C)C(=O)[C@@H](C)CN.CC(C)C(=O)[C@@H](N)CCCN.CC(C)C(=O)[C@H](C)CCN.CC(C)C(=O)[C@H](C)CN.CC(C)C(=O)[C@H](N)CCCN. The zero-order valence-corrected chi connectivity index (χ0v) is 73.4. The van der Waals surface area contributed by atoms with Crippen LogP contribution < -0.4 is 113 Å². The third-order valence-corrected chi connectivity index (χ3v) is 15.9. The van der Waals surface area contributed by atoms with E-state index in [1.54, 1.807) is 0 Å². The molecule has 0 heterocycles. The summed E-state index contributed by atoms with van der Waals surface area (Å²) in [5, 5.41) is 11.1. The summed E-state index contributed by atoms with van der Waals surface area (Å²) in [5.41, 5.74) is 86.4. The van der Waals surface area contributed by atoms with Crippen LogP contribution in [0.2, 0.25) is 0 Å². The lowest BCUT2D eigenvalue weighted by Crippen LogP contribution is -2.42. The molecule has 0 fully saturated rings. The van der Waals surface area contributed by atoms with Gasteiger partial charge in [0.2, 0.25) is 0 Å². The molecule has 0 spiro atoms. The summed E-state index contributed by atoms with van der Waals surface area (Å²) in [4.78, 5) is 112. The summed E-state index contributed by atoms with van der Waals surface area (Å²) in [5.74, 6) is 4.10. The van der Waals surface area contributed by atoms with Crippen LogP contribution in [0.5, 0.6) is 0 Å². The molecule has 36 N–H and O–H groups in total. The molecule has 0 saturated heterocycles. The fourth-order valence-corrected chi connectivity index (χ4v) is 8.57. The summed E-state index contributed by atoms with van der Waals surface area (Å²) in [6.07, 6.45) is 5.91. The highest BCUT2D eigenvalue weighted by atomic mass is 16.2. The van der Waals surface area contributed by atoms with Crippen LogP contribution in [0, 0.1) is 82.9 Å². The molecule has 0 amide bonds. The molecular formula is C80H172N20O10. The van der Waals surface area contributed by atoms with Crippen LogP contribution in [-0.2, 0) is 47.9 Å². The fourth-order valence-electron chi connectivity index (χ4n) is 8.57. The van der Waals surface area contributed by atoms with Gasteiger partial charge < -0.3 is 113 Å². The number of rotatable bonds is 46. The highest BCUT2D eigenvalue weighted by Gasteiger charge is 2.22. The molecule has 0 aromatic carbocycles. The second-order valence-corrected chi connectivity index (χ2v) is 30.6. The van der Waals surface area contributed by atoms with Crippen LogP contribution in [0.15, 0.2) is 49.6 Å². The Morgan fingerprint density at radius 2 is 0.409 bits per heavy atom. The predicted molar refractivity (Wildman–Crippen MR) is 460 cm³/mol. The van der Waals surface area contributed by atoms with Gasteiger partial charge in [0.1, 0.15) is 23.1 Å². The highest BCUT2D eigenvalue weighted by Crippen LogP contribution is 2.11. The van der Waals surface area contributed by atoms with Crippen LogP contribution in [0.25, 0.3) is 0 Å². The van der Waals surface area contributed by atoms with Crippen LogP contribution in [0.4, 0.5) is 0 Å². The Balaban J connectivity index is -0.000000127. The van der Waals surface area contributed by atoms with Gasteiger partial charge in [-0.05, 0) is 77.5 Å². The van der Waals surface area contributed by atoms with Crippen molar-refractivity contribution in [3.63, 3.8) is 0 Å². The number of hydrogen-bond acceptors (Lipinski definition) is 30. The first-order valence-corrected chi connectivity index (χ1v) is 39.2. The van der Waals surface area contributed by atoms with E-state index in [1.165, 1.54) is 0 Å². The Morgan fingerprint density at radius 1 is 0.236 bits per heavy atom. The maximum atomic E-state index is 11.3. The second kappa shape index (κ2) is 76.6. The van der Waals surface area contributed by atoms with Crippen molar-refractivity contribution in [2.75, 3.05) is 65.4 Å². The molecule has 30 nitrogen and oxygen atoms in total. The van der Waals surface area contributed by atoms with Crippen molar-refractivity contribution in [2.24, 2.45) is 175 Å². The summed E-state index contributed by atoms with van der Waals surface area (Å²) in [7, 11) is 0. The van der Waals surface area contributed by atoms with E-state index < -0.39 is 24.2 Å². The average molecular weight is 1570 g/mol. The van der Waals surface area contributed by atoms with Crippen LogP contribution in [-0.4, -0.2) is 160 Å². The van der Waals surface area contributed by atoms with E-state index in [2.05, 4.69) is 47.6 Å². The summed E-state index contributed by atoms with van der Waals surface area (Å²) in [6.45, 7) is 64.1. The van der Waals surface area contributed by atoms with Gasteiger partial charge >= 0.3 is 0 Å². The van der Waals surface area contributed by atoms with E-state index in [9.17, 15) is 47.9 Å². The number of carbonyl (C=O) groups excluding carboxylic acids is 10. The summed E-state index contributed by atoms with van der Waals surface area (Å²) in [6, 6.07) is -2.40. The van der Waals surface area contributed by atoms with Crippen molar-refractivity contribution >= 4 is 57.8 Å². The molecule has 0 aliphatic carbocycles. The predicted octanol–water partition coefficient (Wildman–Crippen LogP) is 3.57. The van der Waals surface area contributed by atoms with Crippen molar-refractivity contribution in [3.05, 3.63) is 49.6 Å². The van der Waals surface area contributed by atoms with Gasteiger partial charge in [-0.2, -0.15) is 0 Å². The minimum absolute atomic E-state index is 0.00363. The first-order chi connectivity index (χ1) is 50.3. The smallest absolute Gasteiger partial charge is 0.153 e. The largest absolute Gasteiger partial charge is 0.386 e. The fraction of sp³-hybridized carbons (Fsp3) is 0.775. The monoisotopic (exact) mass is 1570 g/mol. The van der Waals surface area contributed by atoms with Crippen LogP contribution in [0.3, 0.4) is 0 Å². The molecule has 0 bridgehead atoms. The maximum Gasteiger partial charge on any atom is 0.153 e. The molecule has 10 atom stereocenters. The van der Waals surface area contributed by atoms with Gasteiger partial charge in [-0.1, -0.05) is 192 Å². The minimum Gasteiger partial charge on any atom is -0.386 e. The molecule has 0 aliphatic rings. The van der Waals surface area contributed by atoms with Gasteiger partial charge in [0.05, 0.1) is 59.5 Å². The number of Topliss-reactive ketones (excluding diaryl/α,β-unsaturated/α-hetero) is 10. The Morgan fingerprint density at radius 3 is 0.555 bits per heavy atom. The van der Waals surface area contributed by atoms with Crippen LogP contribution >= 0.6 is 0 Å². The summed E-state index contributed by atoms with van der Waals surface area (Å²) >= 11 is 0. The van der Waals surface area contributed by atoms with Gasteiger partial charge in [-0.3, -0.25) is 47.9 Å². The van der Waals surface area contributed by atoms with E-state index >= 15 is 0 Å². The van der Waals surface area contributed by atoms with Gasteiger partial charge in [-0.15, -0.1) is 0 Å². The van der Waals surface area contributed by atoms with Crippen molar-refractivity contribution in [1.29, 1.82) is 0 Å². The maximum absolute atomic E-state index is 11.3. The van der Waals surface area contributed by atoms with Gasteiger partial charge in [0.25, 0.3) is 0 Å². The first-order valence-electron chi connectivity index (χ1n) is 39.2. The molecule has 110 heavy (non-hydrogen) atoms. The normalized spacial score (nSPS) is 13.2. The van der Waals surface area contributed by atoms with E-state index in [4.69, 9.17) is 91.7 Å². The van der Waals surface area contributed by atoms with Crippen molar-refractivity contribution in [3.8, 4) is 0 Å². The van der Waals surface area contributed by atoms with E-state index in [0.29, 0.717) is 126 Å². The van der Waals surface area contributed by atoms with Crippen molar-refractivity contribution in [2.45, 2.75) is 254 Å². The third kappa shape index (κ3) is 79.7. The topological polar surface area (TPSA) is 635 Å². The molecular weight excluding hydrogens is 1400 g/mol. The summed E-state index contributed by atoms with van der Waals surface area (Å²) < 4.78 is 0. The highest BCUT2D eigenvalue weighted by molar-refractivity contribution is 5.88. The number of carbonyl (C=O) groups is 10. The molecule has 0 aliphatic heterocycles. The molecule has 0 saturated carbocycles. The zero-order chi connectivity index (χ0) is 89.2. The number of nitrogens with two attached hydrogens (primary N) is 16. The first kappa shape index (κ1) is 124. The lowest BCUT2D eigenvalue weighted by Gasteiger charge is -2.13. The lowest BCUT2D eigenvalue weighted by molar-refractivity contribution is -0.126. The minimum atomic E-state index is -0.495. The van der Waals surface area contributed by atoms with Crippen molar-refractivity contribution in [1.82, 2.24) is 21.3 Å². The number of hydrogen-bond donors (Lipinski definition) is 20. The molecule has 0 aromatic heterocycles. The Hall–Kier alpha value is -6.42. The lowest BCUT2D eigenvalue weighted by atomic mass is 9.94. The molecule has 0 unspecified atom stereocenters. The van der Waals surface area contributed by atoms with E-state index in [1.807, 2.05) is 166 Å². The second-order valence-electron chi connectivity index (χ2n) is 30.6. The van der Waals surface area contributed by atoms with Crippen LogP contribution in [0.1, 0.15) is 218 Å². The van der Waals surface area contributed by atoms with Gasteiger partial charge in [-0.25, -0.2) is 0 Å². The van der Waals surface area contributed by atoms with Gasteiger partial charge in [0.15, 0.2) is 34.7 Å². The van der Waals surface area contributed by atoms with Crippen molar-refractivity contribution < 1.29 is 47.9 Å². The standard InChI is InChI=1S/2C9H19N3O.2C8H17N3O.2C8H18N2O.2C8H17NO.2C7H15NO/c2*1-6(2)9(13)8(11)4-5-12-7(3)10;2*1-5(2)8(12)7(10)4-11-6(3)9;2*1-6(2)8(11)7(10)4-3-5-9;2*1-6(2)8(10)7(3)4-5-9;2*1-5(2)7(9)6(3)4-8/h2*6,8,12H,3-5,10-11H2,1-2H3;2*5,7,11H,3-4,9-10H2,1-2H3;2*6-7H,3-5,9-10H2,1-2H3;2*6-7H,4-5,9H2,1-3H3;2*5-6H,4,8H2,1-3H3/t2*8-;6*7-;2*6-/m1010101010/s1.